The first-order chi connectivity index (χ1) is 12.6. The van der Waals surface area contributed by atoms with E-state index in [-0.39, 0.29) is 11.7 Å². The number of thiophene rings is 1. The quantitative estimate of drug-likeness (QED) is 0.658. The lowest BCUT2D eigenvalue weighted by molar-refractivity contribution is 0.0736. The van der Waals surface area contributed by atoms with E-state index >= 15 is 0 Å². The van der Waals surface area contributed by atoms with Gasteiger partial charge >= 0.3 is 0 Å². The van der Waals surface area contributed by atoms with E-state index in [1.165, 1.54) is 17.4 Å². The number of halogens is 2. The second kappa shape index (κ2) is 6.93. The van der Waals surface area contributed by atoms with Gasteiger partial charge in [-0.2, -0.15) is 0 Å². The SMILES string of the molecule is CCn1c(C(=O)N2CCN(c3ccccc3F)CC2)cc2sc(Cl)cc21. The van der Waals surface area contributed by atoms with E-state index in [0.29, 0.717) is 44.1 Å². The maximum atomic E-state index is 14.0. The normalized spacial score (nSPS) is 15.0. The summed E-state index contributed by atoms with van der Waals surface area (Å²) in [5.74, 6) is -0.191. The summed E-state index contributed by atoms with van der Waals surface area (Å²) in [6, 6.07) is 10.6. The van der Waals surface area contributed by atoms with E-state index in [9.17, 15) is 9.18 Å². The average molecular weight is 392 g/mol. The van der Waals surface area contributed by atoms with Crippen LogP contribution in [-0.4, -0.2) is 41.6 Å². The van der Waals surface area contributed by atoms with Crippen molar-refractivity contribution >= 4 is 44.7 Å². The predicted octanol–water partition coefficient (Wildman–Crippen LogP) is 4.48. The number of hydrogen-bond donors (Lipinski definition) is 0. The summed E-state index contributed by atoms with van der Waals surface area (Å²) in [7, 11) is 0. The monoisotopic (exact) mass is 391 g/mol. The number of nitrogens with zero attached hydrogens (tertiary/aromatic N) is 3. The number of anilines is 1. The molecule has 1 saturated heterocycles. The number of fused-ring (bicyclic) bond motifs is 1. The number of carbonyl (C=O) groups is 1. The Morgan fingerprint density at radius 3 is 2.62 bits per heavy atom. The van der Waals surface area contributed by atoms with Gasteiger partial charge in [-0.25, -0.2) is 4.39 Å². The summed E-state index contributed by atoms with van der Waals surface area (Å²) in [5, 5.41) is 0. The standard InChI is InChI=1S/C19H19ClFN3OS/c1-2-24-15-12-18(20)26-17(15)11-16(24)19(25)23-9-7-22(8-10-23)14-6-4-3-5-13(14)21/h3-6,11-12H,2,7-10H2,1H3. The molecular weight excluding hydrogens is 373 g/mol. The van der Waals surface area contributed by atoms with Gasteiger partial charge in [-0.1, -0.05) is 23.7 Å². The van der Waals surface area contributed by atoms with Crippen LogP contribution in [0.3, 0.4) is 0 Å². The first-order valence-electron chi connectivity index (χ1n) is 8.66. The number of aromatic nitrogens is 1. The van der Waals surface area contributed by atoms with E-state index in [4.69, 9.17) is 11.6 Å². The summed E-state index contributed by atoms with van der Waals surface area (Å²) in [6.07, 6.45) is 0. The van der Waals surface area contributed by atoms with Crippen molar-refractivity contribution < 1.29 is 9.18 Å². The second-order valence-electron chi connectivity index (χ2n) is 6.30. The third kappa shape index (κ3) is 2.97. The predicted molar refractivity (Wildman–Crippen MR) is 105 cm³/mol. The highest BCUT2D eigenvalue weighted by Gasteiger charge is 2.26. The van der Waals surface area contributed by atoms with Gasteiger partial charge in [0.05, 0.1) is 20.2 Å². The zero-order valence-corrected chi connectivity index (χ0v) is 16.0. The molecule has 1 aromatic carbocycles. The lowest BCUT2D eigenvalue weighted by atomic mass is 10.2. The van der Waals surface area contributed by atoms with E-state index < -0.39 is 0 Å². The van der Waals surface area contributed by atoms with Crippen LogP contribution >= 0.6 is 22.9 Å². The van der Waals surface area contributed by atoms with Crippen molar-refractivity contribution in [3.63, 3.8) is 0 Å². The first-order valence-corrected chi connectivity index (χ1v) is 9.85. The first kappa shape index (κ1) is 17.4. The third-order valence-corrected chi connectivity index (χ3v) is 6.06. The Bertz CT molecular complexity index is 959. The second-order valence-corrected chi connectivity index (χ2v) is 8.02. The van der Waals surface area contributed by atoms with E-state index in [1.54, 1.807) is 12.1 Å². The van der Waals surface area contributed by atoms with Gasteiger partial charge in [0.15, 0.2) is 0 Å². The number of hydrogen-bond acceptors (Lipinski definition) is 3. The van der Waals surface area contributed by atoms with Crippen LogP contribution < -0.4 is 4.90 Å². The van der Waals surface area contributed by atoms with Crippen molar-refractivity contribution in [2.75, 3.05) is 31.1 Å². The van der Waals surface area contributed by atoms with Crippen LogP contribution in [0.15, 0.2) is 36.4 Å². The van der Waals surface area contributed by atoms with Crippen molar-refractivity contribution in [1.82, 2.24) is 9.47 Å². The number of benzene rings is 1. The number of rotatable bonds is 3. The Morgan fingerprint density at radius 1 is 1.19 bits per heavy atom. The van der Waals surface area contributed by atoms with Crippen LogP contribution in [0.25, 0.3) is 10.2 Å². The summed E-state index contributed by atoms with van der Waals surface area (Å²) in [5.41, 5.74) is 2.31. The van der Waals surface area contributed by atoms with Crippen LogP contribution in [0.4, 0.5) is 10.1 Å². The summed E-state index contributed by atoms with van der Waals surface area (Å²) in [6.45, 7) is 5.15. The molecule has 136 valence electrons. The molecule has 0 bridgehead atoms. The fourth-order valence-electron chi connectivity index (χ4n) is 3.55. The lowest BCUT2D eigenvalue weighted by Gasteiger charge is -2.36. The highest BCUT2D eigenvalue weighted by Crippen LogP contribution is 2.32. The fourth-order valence-corrected chi connectivity index (χ4v) is 4.73. The molecule has 4 rings (SSSR count). The lowest BCUT2D eigenvalue weighted by Crippen LogP contribution is -2.49. The van der Waals surface area contributed by atoms with Gasteiger partial charge in [0, 0.05) is 32.7 Å². The highest BCUT2D eigenvalue weighted by atomic mass is 35.5. The van der Waals surface area contributed by atoms with Crippen LogP contribution in [0.5, 0.6) is 0 Å². The Kier molecular flexibility index (Phi) is 4.63. The smallest absolute Gasteiger partial charge is 0.270 e. The number of piperazine rings is 1. The molecule has 1 amide bonds. The Labute approximate surface area is 160 Å². The minimum absolute atomic E-state index is 0.0274. The zero-order chi connectivity index (χ0) is 18.3. The van der Waals surface area contributed by atoms with E-state index in [0.717, 1.165) is 14.6 Å². The number of aryl methyl sites for hydroxylation is 1. The number of carbonyl (C=O) groups excluding carboxylic acids is 1. The summed E-state index contributed by atoms with van der Waals surface area (Å²) in [4.78, 5) is 16.9. The molecule has 0 unspecified atom stereocenters. The third-order valence-electron chi connectivity index (χ3n) is 4.85. The van der Waals surface area contributed by atoms with Crippen molar-refractivity contribution in [1.29, 1.82) is 0 Å². The Hall–Kier alpha value is -2.05. The van der Waals surface area contributed by atoms with Gasteiger partial charge in [0.2, 0.25) is 0 Å². The molecule has 0 saturated carbocycles. The van der Waals surface area contributed by atoms with Gasteiger partial charge < -0.3 is 14.4 Å². The molecule has 3 aromatic rings. The molecule has 4 nitrogen and oxygen atoms in total. The van der Waals surface area contributed by atoms with Crippen molar-refractivity contribution in [3.05, 3.63) is 52.2 Å². The van der Waals surface area contributed by atoms with E-state index in [1.807, 2.05) is 39.5 Å². The van der Waals surface area contributed by atoms with E-state index in [2.05, 4.69) is 0 Å². The minimum Gasteiger partial charge on any atom is -0.366 e. The fraction of sp³-hybridized carbons (Fsp3) is 0.316. The highest BCUT2D eigenvalue weighted by molar-refractivity contribution is 7.22. The molecule has 0 radical (unpaired) electrons. The number of para-hydroxylation sites is 1. The van der Waals surface area contributed by atoms with Crippen LogP contribution in [0.2, 0.25) is 4.34 Å². The maximum Gasteiger partial charge on any atom is 0.270 e. The van der Waals surface area contributed by atoms with Crippen LogP contribution in [0.1, 0.15) is 17.4 Å². The topological polar surface area (TPSA) is 28.5 Å². The molecule has 26 heavy (non-hydrogen) atoms. The van der Waals surface area contributed by atoms with Crippen molar-refractivity contribution in [3.8, 4) is 0 Å². The number of amides is 1. The molecule has 1 aliphatic heterocycles. The molecule has 0 spiro atoms. The van der Waals surface area contributed by atoms with Crippen molar-refractivity contribution in [2.45, 2.75) is 13.5 Å². The van der Waals surface area contributed by atoms with Crippen molar-refractivity contribution in [2.24, 2.45) is 0 Å². The minimum atomic E-state index is -0.218. The van der Waals surface area contributed by atoms with Gasteiger partial charge in [0.25, 0.3) is 5.91 Å². The van der Waals surface area contributed by atoms with Gasteiger partial charge in [-0.15, -0.1) is 11.3 Å². The molecular formula is C19H19ClFN3OS. The zero-order valence-electron chi connectivity index (χ0n) is 14.4. The maximum absolute atomic E-state index is 14.0. The molecule has 0 aliphatic carbocycles. The molecule has 2 aromatic heterocycles. The van der Waals surface area contributed by atoms with Gasteiger partial charge in [0.1, 0.15) is 11.5 Å². The molecule has 0 N–H and O–H groups in total. The van der Waals surface area contributed by atoms with Gasteiger partial charge in [-0.05, 0) is 31.2 Å². The Balaban J connectivity index is 1.52. The summed E-state index contributed by atoms with van der Waals surface area (Å²) >= 11 is 7.58. The van der Waals surface area contributed by atoms with Gasteiger partial charge in [-0.3, -0.25) is 4.79 Å². The molecule has 7 heteroatoms. The van der Waals surface area contributed by atoms with Crippen LogP contribution in [-0.2, 0) is 6.54 Å². The average Bonchev–Trinajstić information content (AvgIpc) is 3.17. The summed E-state index contributed by atoms with van der Waals surface area (Å²) < 4.78 is 17.8. The Morgan fingerprint density at radius 2 is 1.92 bits per heavy atom. The van der Waals surface area contributed by atoms with Crippen LogP contribution in [0, 0.1) is 5.82 Å². The largest absolute Gasteiger partial charge is 0.366 e. The molecule has 1 aliphatic rings. The molecule has 1 fully saturated rings. The molecule has 0 atom stereocenters. The molecule has 3 heterocycles.